The van der Waals surface area contributed by atoms with E-state index in [0.717, 1.165) is 48.6 Å². The first-order chi connectivity index (χ1) is 9.83. The lowest BCUT2D eigenvalue weighted by molar-refractivity contribution is 0.157. The molecule has 0 unspecified atom stereocenters. The fourth-order valence-corrected chi connectivity index (χ4v) is 2.49. The van der Waals surface area contributed by atoms with Crippen LogP contribution in [0.5, 0.6) is 5.88 Å². The van der Waals surface area contributed by atoms with Crippen molar-refractivity contribution in [1.82, 2.24) is 15.3 Å². The minimum absolute atomic E-state index is 0. The van der Waals surface area contributed by atoms with Crippen molar-refractivity contribution in [3.05, 3.63) is 42.4 Å². The van der Waals surface area contributed by atoms with Crippen molar-refractivity contribution in [2.24, 2.45) is 0 Å². The number of piperidine rings is 1. The third-order valence-corrected chi connectivity index (χ3v) is 3.54. The molecule has 0 aromatic carbocycles. The Labute approximate surface area is 131 Å². The molecular formula is C16H20ClN3O. The molecule has 2 aromatic rings. The summed E-state index contributed by atoms with van der Waals surface area (Å²) in [5.41, 5.74) is 3.14. The zero-order chi connectivity index (χ0) is 13.8. The van der Waals surface area contributed by atoms with Crippen LogP contribution in [0.25, 0.3) is 11.1 Å². The van der Waals surface area contributed by atoms with Gasteiger partial charge < -0.3 is 10.1 Å². The molecule has 112 valence electrons. The molecule has 21 heavy (non-hydrogen) atoms. The Hall–Kier alpha value is -1.65. The SMILES string of the molecule is Cc1cc(-c2cccnc2OC2CCNCC2)ccn1.Cl. The molecule has 4 nitrogen and oxygen atoms in total. The van der Waals surface area contributed by atoms with Crippen LogP contribution in [0.2, 0.25) is 0 Å². The Bertz CT molecular complexity index is 585. The average Bonchev–Trinajstić information content (AvgIpc) is 2.49. The standard InChI is InChI=1S/C16H19N3O.ClH/c1-12-11-13(4-10-18-12)15-3-2-7-19-16(15)20-14-5-8-17-9-6-14;/h2-4,7,10-11,14,17H,5-6,8-9H2,1H3;1H. The number of nitrogens with zero attached hydrogens (tertiary/aromatic N) is 2. The van der Waals surface area contributed by atoms with Crippen molar-refractivity contribution in [2.45, 2.75) is 25.9 Å². The first kappa shape index (κ1) is 15.7. The molecule has 0 atom stereocenters. The summed E-state index contributed by atoms with van der Waals surface area (Å²) in [6, 6.07) is 8.06. The summed E-state index contributed by atoms with van der Waals surface area (Å²) in [5.74, 6) is 0.727. The molecule has 1 fully saturated rings. The lowest BCUT2D eigenvalue weighted by atomic mass is 10.1. The van der Waals surface area contributed by atoms with Gasteiger partial charge in [-0.25, -0.2) is 4.98 Å². The molecule has 3 heterocycles. The highest BCUT2D eigenvalue weighted by Crippen LogP contribution is 2.29. The van der Waals surface area contributed by atoms with Crippen LogP contribution in [-0.2, 0) is 0 Å². The molecule has 2 aromatic heterocycles. The Balaban J connectivity index is 0.00000161. The molecule has 5 heteroatoms. The first-order valence-electron chi connectivity index (χ1n) is 7.08. The summed E-state index contributed by atoms with van der Waals surface area (Å²) >= 11 is 0. The molecule has 0 bridgehead atoms. The highest BCUT2D eigenvalue weighted by atomic mass is 35.5. The van der Waals surface area contributed by atoms with E-state index in [1.54, 1.807) is 6.20 Å². The Kier molecular flexibility index (Phi) is 5.53. The number of nitrogens with one attached hydrogen (secondary N) is 1. The fraction of sp³-hybridized carbons (Fsp3) is 0.375. The summed E-state index contributed by atoms with van der Waals surface area (Å²) in [5, 5.41) is 3.35. The van der Waals surface area contributed by atoms with Gasteiger partial charge in [0.2, 0.25) is 5.88 Å². The minimum Gasteiger partial charge on any atom is -0.474 e. The van der Waals surface area contributed by atoms with Gasteiger partial charge in [0.25, 0.3) is 0 Å². The van der Waals surface area contributed by atoms with Gasteiger partial charge in [0.05, 0.1) is 0 Å². The van der Waals surface area contributed by atoms with Crippen molar-refractivity contribution < 1.29 is 4.74 Å². The highest BCUT2D eigenvalue weighted by molar-refractivity contribution is 5.85. The number of halogens is 1. The molecular weight excluding hydrogens is 286 g/mol. The van der Waals surface area contributed by atoms with E-state index in [4.69, 9.17) is 4.74 Å². The second kappa shape index (κ2) is 7.38. The maximum absolute atomic E-state index is 6.11. The van der Waals surface area contributed by atoms with Crippen LogP contribution in [-0.4, -0.2) is 29.2 Å². The predicted molar refractivity (Wildman–Crippen MR) is 86.0 cm³/mol. The van der Waals surface area contributed by atoms with Crippen LogP contribution >= 0.6 is 12.4 Å². The highest BCUT2D eigenvalue weighted by Gasteiger charge is 2.17. The van der Waals surface area contributed by atoms with Gasteiger partial charge in [-0.1, -0.05) is 0 Å². The Morgan fingerprint density at radius 1 is 1.14 bits per heavy atom. The summed E-state index contributed by atoms with van der Waals surface area (Å²) in [6.07, 6.45) is 5.93. The van der Waals surface area contributed by atoms with E-state index in [9.17, 15) is 0 Å². The second-order valence-corrected chi connectivity index (χ2v) is 5.11. The molecule has 0 radical (unpaired) electrons. The summed E-state index contributed by atoms with van der Waals surface area (Å²) in [6.45, 7) is 4.02. The van der Waals surface area contributed by atoms with E-state index in [-0.39, 0.29) is 18.5 Å². The normalized spacial score (nSPS) is 15.3. The van der Waals surface area contributed by atoms with E-state index in [1.807, 2.05) is 25.3 Å². The molecule has 1 aliphatic rings. The van der Waals surface area contributed by atoms with Crippen molar-refractivity contribution in [3.8, 4) is 17.0 Å². The zero-order valence-electron chi connectivity index (χ0n) is 12.1. The number of aromatic nitrogens is 2. The molecule has 1 saturated heterocycles. The number of aryl methyl sites for hydroxylation is 1. The van der Waals surface area contributed by atoms with Crippen LogP contribution in [0, 0.1) is 6.92 Å². The van der Waals surface area contributed by atoms with Crippen molar-refractivity contribution >= 4 is 12.4 Å². The lowest BCUT2D eigenvalue weighted by Crippen LogP contribution is -2.34. The summed E-state index contributed by atoms with van der Waals surface area (Å²) in [7, 11) is 0. The smallest absolute Gasteiger partial charge is 0.221 e. The van der Waals surface area contributed by atoms with Gasteiger partial charge in [0, 0.05) is 23.7 Å². The number of hydrogen-bond donors (Lipinski definition) is 1. The van der Waals surface area contributed by atoms with Crippen LogP contribution in [0.4, 0.5) is 0 Å². The molecule has 0 aliphatic carbocycles. The van der Waals surface area contributed by atoms with Gasteiger partial charge in [-0.15, -0.1) is 12.4 Å². The summed E-state index contributed by atoms with van der Waals surface area (Å²) < 4.78 is 6.11. The monoisotopic (exact) mass is 305 g/mol. The second-order valence-electron chi connectivity index (χ2n) is 5.11. The van der Waals surface area contributed by atoms with Crippen molar-refractivity contribution in [1.29, 1.82) is 0 Å². The van der Waals surface area contributed by atoms with Crippen molar-refractivity contribution in [3.63, 3.8) is 0 Å². The molecule has 1 N–H and O–H groups in total. The quantitative estimate of drug-likeness (QED) is 0.947. The largest absolute Gasteiger partial charge is 0.474 e. The zero-order valence-corrected chi connectivity index (χ0v) is 12.9. The van der Waals surface area contributed by atoms with Gasteiger partial charge in [0.15, 0.2) is 0 Å². The topological polar surface area (TPSA) is 47.0 Å². The number of rotatable bonds is 3. The first-order valence-corrected chi connectivity index (χ1v) is 7.08. The van der Waals surface area contributed by atoms with E-state index in [0.29, 0.717) is 0 Å². The van der Waals surface area contributed by atoms with E-state index >= 15 is 0 Å². The molecule has 3 rings (SSSR count). The van der Waals surface area contributed by atoms with Crippen LogP contribution in [0.1, 0.15) is 18.5 Å². The van der Waals surface area contributed by atoms with E-state index < -0.39 is 0 Å². The molecule has 0 amide bonds. The van der Waals surface area contributed by atoms with Gasteiger partial charge in [-0.3, -0.25) is 4.98 Å². The van der Waals surface area contributed by atoms with Gasteiger partial charge >= 0.3 is 0 Å². The fourth-order valence-electron chi connectivity index (χ4n) is 2.49. The Morgan fingerprint density at radius 3 is 2.71 bits per heavy atom. The summed E-state index contributed by atoms with van der Waals surface area (Å²) in [4.78, 5) is 8.66. The average molecular weight is 306 g/mol. The van der Waals surface area contributed by atoms with E-state index in [1.165, 1.54) is 0 Å². The maximum Gasteiger partial charge on any atom is 0.221 e. The van der Waals surface area contributed by atoms with Crippen molar-refractivity contribution in [2.75, 3.05) is 13.1 Å². The minimum atomic E-state index is 0. The lowest BCUT2D eigenvalue weighted by Gasteiger charge is -2.24. The van der Waals surface area contributed by atoms with Crippen LogP contribution in [0.15, 0.2) is 36.7 Å². The van der Waals surface area contributed by atoms with Crippen LogP contribution in [0.3, 0.4) is 0 Å². The van der Waals surface area contributed by atoms with Crippen LogP contribution < -0.4 is 10.1 Å². The van der Waals surface area contributed by atoms with Gasteiger partial charge in [-0.2, -0.15) is 0 Å². The molecule has 0 saturated carbocycles. The Morgan fingerprint density at radius 2 is 1.95 bits per heavy atom. The third-order valence-electron chi connectivity index (χ3n) is 3.54. The van der Waals surface area contributed by atoms with E-state index in [2.05, 4.69) is 27.4 Å². The van der Waals surface area contributed by atoms with Gasteiger partial charge in [0.1, 0.15) is 6.10 Å². The van der Waals surface area contributed by atoms with Gasteiger partial charge in [-0.05, 0) is 62.7 Å². The molecule has 1 aliphatic heterocycles. The maximum atomic E-state index is 6.11. The number of ether oxygens (including phenoxy) is 1. The number of pyridine rings is 2. The number of hydrogen-bond acceptors (Lipinski definition) is 4. The molecule has 0 spiro atoms. The predicted octanol–water partition coefficient (Wildman–Crippen LogP) is 3.00. The third kappa shape index (κ3) is 3.93.